The van der Waals surface area contributed by atoms with E-state index < -0.39 is 0 Å². The Morgan fingerprint density at radius 2 is 2.30 bits per heavy atom. The fraction of sp³-hybridized carbons (Fsp3) is 0.833. The Morgan fingerprint density at radius 1 is 1.70 bits per heavy atom. The number of ether oxygens (including phenoxy) is 1. The summed E-state index contributed by atoms with van der Waals surface area (Å²) >= 11 is 1.33. The molecule has 0 aromatic heterocycles. The molecule has 1 N–H and O–H groups in total. The fourth-order valence-corrected chi connectivity index (χ4v) is 0.758. The summed E-state index contributed by atoms with van der Waals surface area (Å²) in [6, 6.07) is 0. The highest BCUT2D eigenvalue weighted by atomic mass is 32.2. The Balaban J connectivity index is 3.26. The van der Waals surface area contributed by atoms with E-state index in [1.165, 1.54) is 11.9 Å². The predicted octanol–water partition coefficient (Wildman–Crippen LogP) is 0.806. The summed E-state index contributed by atoms with van der Waals surface area (Å²) in [6.45, 7) is 3.67. The molecule has 0 unspecified atom stereocenters. The first kappa shape index (κ1) is 9.78. The molecule has 60 valence electrons. The molecule has 0 amide bonds. The van der Waals surface area contributed by atoms with Crippen molar-refractivity contribution in [1.29, 1.82) is 0 Å². The summed E-state index contributed by atoms with van der Waals surface area (Å²) < 4.78 is 7.64. The Morgan fingerprint density at radius 3 is 2.70 bits per heavy atom. The monoisotopic (exact) mass is 163 g/mol. The number of hydrogen-bond acceptors (Lipinski definition) is 4. The van der Waals surface area contributed by atoms with Gasteiger partial charge in [0.15, 0.2) is 0 Å². The molecule has 3 nitrogen and oxygen atoms in total. The second-order valence-corrected chi connectivity index (χ2v) is 3.02. The maximum atomic E-state index is 10.7. The average molecular weight is 163 g/mol. The van der Waals surface area contributed by atoms with E-state index in [4.69, 9.17) is 4.74 Å². The first-order valence-corrected chi connectivity index (χ1v) is 4.13. The highest BCUT2D eigenvalue weighted by Gasteiger charge is 2.03. The normalized spacial score (nSPS) is 10.0. The molecule has 0 aliphatic carbocycles. The Labute approximate surface area is 65.6 Å². The van der Waals surface area contributed by atoms with Crippen molar-refractivity contribution in [1.82, 2.24) is 4.72 Å². The predicted molar refractivity (Wildman–Crippen MR) is 42.7 cm³/mol. The van der Waals surface area contributed by atoms with Gasteiger partial charge in [-0.3, -0.25) is 9.52 Å². The van der Waals surface area contributed by atoms with Crippen LogP contribution in [0.1, 0.15) is 13.8 Å². The van der Waals surface area contributed by atoms with Crippen LogP contribution in [0.4, 0.5) is 0 Å². The standard InChI is InChI=1S/C6H13NO2S/c1-5(2)9-6(8)4-10-7-3/h5,7H,4H2,1-3H3. The lowest BCUT2D eigenvalue weighted by Gasteiger charge is -2.06. The van der Waals surface area contributed by atoms with E-state index in [1.807, 2.05) is 13.8 Å². The van der Waals surface area contributed by atoms with Crippen LogP contribution in [0, 0.1) is 0 Å². The smallest absolute Gasteiger partial charge is 0.317 e. The third kappa shape index (κ3) is 5.91. The third-order valence-corrected chi connectivity index (χ3v) is 1.37. The zero-order valence-corrected chi connectivity index (χ0v) is 7.33. The van der Waals surface area contributed by atoms with Crippen LogP contribution >= 0.6 is 11.9 Å². The molecule has 0 rings (SSSR count). The van der Waals surface area contributed by atoms with Crippen LogP contribution in [0.2, 0.25) is 0 Å². The topological polar surface area (TPSA) is 38.3 Å². The van der Waals surface area contributed by atoms with Gasteiger partial charge >= 0.3 is 5.97 Å². The lowest BCUT2D eigenvalue weighted by atomic mass is 10.5. The summed E-state index contributed by atoms with van der Waals surface area (Å²) in [5.41, 5.74) is 0. The molecule has 0 radical (unpaired) electrons. The number of hydrogen-bond donors (Lipinski definition) is 1. The van der Waals surface area contributed by atoms with E-state index in [0.29, 0.717) is 5.75 Å². The lowest BCUT2D eigenvalue weighted by molar-refractivity contribution is -0.144. The highest BCUT2D eigenvalue weighted by Crippen LogP contribution is 1.95. The van der Waals surface area contributed by atoms with Crippen molar-refractivity contribution in [2.45, 2.75) is 20.0 Å². The summed E-state index contributed by atoms with van der Waals surface area (Å²) in [5, 5.41) is 0. The van der Waals surface area contributed by atoms with Crippen LogP contribution in [-0.2, 0) is 9.53 Å². The minimum Gasteiger partial charge on any atom is -0.462 e. The lowest BCUT2D eigenvalue weighted by Crippen LogP contribution is -2.14. The number of esters is 1. The Hall–Kier alpha value is -0.220. The zero-order chi connectivity index (χ0) is 7.98. The van der Waals surface area contributed by atoms with E-state index in [9.17, 15) is 4.79 Å². The molecule has 0 aliphatic rings. The van der Waals surface area contributed by atoms with Gasteiger partial charge in [0.05, 0.1) is 6.10 Å². The van der Waals surface area contributed by atoms with Crippen molar-refractivity contribution >= 4 is 17.9 Å². The zero-order valence-electron chi connectivity index (χ0n) is 6.51. The molecule has 0 aromatic carbocycles. The second kappa shape index (κ2) is 5.56. The van der Waals surface area contributed by atoms with Crippen LogP contribution in [0.3, 0.4) is 0 Å². The van der Waals surface area contributed by atoms with Gasteiger partial charge in [-0.1, -0.05) is 11.9 Å². The fourth-order valence-electron chi connectivity index (χ4n) is 0.428. The third-order valence-electron chi connectivity index (χ3n) is 0.702. The van der Waals surface area contributed by atoms with Gasteiger partial charge in [0.2, 0.25) is 0 Å². The molecule has 0 atom stereocenters. The molecule has 0 fully saturated rings. The van der Waals surface area contributed by atoms with Gasteiger partial charge in [-0.05, 0) is 20.9 Å². The average Bonchev–Trinajstić information content (AvgIpc) is 1.82. The SMILES string of the molecule is CNSCC(=O)OC(C)C. The first-order chi connectivity index (χ1) is 4.66. The van der Waals surface area contributed by atoms with E-state index in [2.05, 4.69) is 4.72 Å². The maximum Gasteiger partial charge on any atom is 0.317 e. The van der Waals surface area contributed by atoms with Crippen molar-refractivity contribution in [3.8, 4) is 0 Å². The molecule has 0 saturated heterocycles. The summed E-state index contributed by atoms with van der Waals surface area (Å²) in [6.07, 6.45) is -0.00930. The van der Waals surface area contributed by atoms with E-state index in [1.54, 1.807) is 7.05 Å². The van der Waals surface area contributed by atoms with Gasteiger partial charge in [-0.25, -0.2) is 0 Å². The maximum absolute atomic E-state index is 10.7. The van der Waals surface area contributed by atoms with Crippen LogP contribution in [0.25, 0.3) is 0 Å². The molecule has 0 bridgehead atoms. The molecule has 0 aromatic rings. The van der Waals surface area contributed by atoms with Gasteiger partial charge in [0.1, 0.15) is 5.75 Å². The van der Waals surface area contributed by atoms with Gasteiger partial charge in [-0.2, -0.15) is 0 Å². The summed E-state index contributed by atoms with van der Waals surface area (Å²) in [7, 11) is 1.77. The van der Waals surface area contributed by atoms with Crippen LogP contribution in [0.15, 0.2) is 0 Å². The molecule has 0 saturated carbocycles. The van der Waals surface area contributed by atoms with Crippen LogP contribution < -0.4 is 4.72 Å². The number of carbonyl (C=O) groups excluding carboxylic acids is 1. The number of rotatable bonds is 4. The van der Waals surface area contributed by atoms with Crippen LogP contribution in [-0.4, -0.2) is 24.9 Å². The molecule has 0 heterocycles. The molecule has 0 aliphatic heterocycles. The van der Waals surface area contributed by atoms with Gasteiger partial charge in [-0.15, -0.1) is 0 Å². The van der Waals surface area contributed by atoms with Crippen molar-refractivity contribution in [3.05, 3.63) is 0 Å². The van der Waals surface area contributed by atoms with E-state index in [-0.39, 0.29) is 12.1 Å². The van der Waals surface area contributed by atoms with Crippen molar-refractivity contribution < 1.29 is 9.53 Å². The second-order valence-electron chi connectivity index (χ2n) is 2.03. The first-order valence-electron chi connectivity index (χ1n) is 3.15. The Bertz CT molecular complexity index is 106. The quantitative estimate of drug-likeness (QED) is 0.491. The number of nitrogens with one attached hydrogen (secondary N) is 1. The molecular weight excluding hydrogens is 150 g/mol. The van der Waals surface area contributed by atoms with Gasteiger partial charge in [0.25, 0.3) is 0 Å². The minimum atomic E-state index is -0.172. The van der Waals surface area contributed by atoms with Crippen molar-refractivity contribution in [2.24, 2.45) is 0 Å². The molecule has 0 spiro atoms. The highest BCUT2D eigenvalue weighted by molar-refractivity contribution is 7.98. The van der Waals surface area contributed by atoms with Crippen molar-refractivity contribution in [2.75, 3.05) is 12.8 Å². The molecule has 10 heavy (non-hydrogen) atoms. The van der Waals surface area contributed by atoms with Gasteiger partial charge < -0.3 is 4.74 Å². The Kier molecular flexibility index (Phi) is 5.43. The van der Waals surface area contributed by atoms with Crippen LogP contribution in [0.5, 0.6) is 0 Å². The number of carbonyl (C=O) groups is 1. The summed E-state index contributed by atoms with van der Waals surface area (Å²) in [4.78, 5) is 10.7. The largest absolute Gasteiger partial charge is 0.462 e. The minimum absolute atomic E-state index is 0.00930. The van der Waals surface area contributed by atoms with Gasteiger partial charge in [0, 0.05) is 0 Å². The molecular formula is C6H13NO2S. The summed E-state index contributed by atoms with van der Waals surface area (Å²) in [5.74, 6) is 0.198. The van der Waals surface area contributed by atoms with Crippen molar-refractivity contribution in [3.63, 3.8) is 0 Å². The van der Waals surface area contributed by atoms with E-state index in [0.717, 1.165) is 0 Å². The van der Waals surface area contributed by atoms with E-state index >= 15 is 0 Å². The molecule has 4 heteroatoms.